The molecule has 0 spiro atoms. The zero-order valence-electron chi connectivity index (χ0n) is 17.4. The molecule has 8 heteroatoms. The molecule has 3 N–H and O–H groups in total. The molecule has 2 aromatic carbocycles. The van der Waals surface area contributed by atoms with Crippen molar-refractivity contribution in [3.63, 3.8) is 0 Å². The molecule has 0 aliphatic rings. The number of benzene rings is 2. The number of aliphatic imine (C=N–C) groups is 1. The number of para-hydroxylation sites is 1. The van der Waals surface area contributed by atoms with Crippen LogP contribution in [0.3, 0.4) is 0 Å². The molecule has 1 atom stereocenters. The van der Waals surface area contributed by atoms with Crippen LogP contribution in [-0.2, 0) is 13.1 Å². The number of nitrogens with one attached hydrogen (secondary N) is 3. The number of rotatable bonds is 9. The molecule has 0 saturated carbocycles. The maximum absolute atomic E-state index is 12.5. The number of alkyl halides is 2. The Balaban J connectivity index is 1.88. The smallest absolute Gasteiger partial charge is 0.387 e. The first-order valence-electron chi connectivity index (χ1n) is 9.80. The number of ether oxygens (including phenoxy) is 1. The van der Waals surface area contributed by atoms with E-state index in [4.69, 9.17) is 0 Å². The van der Waals surface area contributed by atoms with Crippen LogP contribution in [-0.4, -0.2) is 31.6 Å². The molecule has 2 rings (SSSR count). The first-order chi connectivity index (χ1) is 14.4. The lowest BCUT2D eigenvalue weighted by Gasteiger charge is -2.15. The summed E-state index contributed by atoms with van der Waals surface area (Å²) < 4.78 is 29.6. The van der Waals surface area contributed by atoms with Crippen LogP contribution in [0.2, 0.25) is 0 Å². The Morgan fingerprint density at radius 1 is 1.07 bits per heavy atom. The molecule has 0 aromatic heterocycles. The van der Waals surface area contributed by atoms with E-state index in [0.29, 0.717) is 23.6 Å². The van der Waals surface area contributed by atoms with E-state index >= 15 is 0 Å². The lowest BCUT2D eigenvalue weighted by atomic mass is 10.1. The van der Waals surface area contributed by atoms with Crippen LogP contribution < -0.4 is 20.7 Å². The van der Waals surface area contributed by atoms with E-state index in [2.05, 4.69) is 25.7 Å². The van der Waals surface area contributed by atoms with Crippen molar-refractivity contribution in [3.05, 3.63) is 65.2 Å². The predicted molar refractivity (Wildman–Crippen MR) is 114 cm³/mol. The van der Waals surface area contributed by atoms with Gasteiger partial charge in [0, 0.05) is 37.3 Å². The highest BCUT2D eigenvalue weighted by atomic mass is 19.3. The normalized spacial score (nSPS) is 12.4. The summed E-state index contributed by atoms with van der Waals surface area (Å²) in [5.74, 6) is 0.549. The Hall–Kier alpha value is -3.16. The van der Waals surface area contributed by atoms with Crippen molar-refractivity contribution in [3.8, 4) is 5.75 Å². The summed E-state index contributed by atoms with van der Waals surface area (Å²) in [5.41, 5.74) is 2.18. The van der Waals surface area contributed by atoms with E-state index in [1.165, 1.54) is 6.07 Å². The minimum absolute atomic E-state index is 0.0917. The number of carbonyl (C=O) groups excluding carboxylic acids is 1. The summed E-state index contributed by atoms with van der Waals surface area (Å²) in [5, 5.41) is 9.17. The molecule has 0 aliphatic carbocycles. The summed E-state index contributed by atoms with van der Waals surface area (Å²) in [4.78, 5) is 16.3. The lowest BCUT2D eigenvalue weighted by molar-refractivity contribution is -0.0504. The maximum atomic E-state index is 12.5. The summed E-state index contributed by atoms with van der Waals surface area (Å²) in [6.45, 7) is 1.87. The van der Waals surface area contributed by atoms with Gasteiger partial charge in [0.05, 0.1) is 0 Å². The molecule has 0 fully saturated rings. The molecule has 1 unspecified atom stereocenters. The third kappa shape index (κ3) is 7.35. The highest BCUT2D eigenvalue weighted by Crippen LogP contribution is 2.19. The molecular weight excluding hydrogens is 390 g/mol. The van der Waals surface area contributed by atoms with Crippen molar-refractivity contribution >= 4 is 11.9 Å². The molecule has 6 nitrogen and oxygen atoms in total. The van der Waals surface area contributed by atoms with Crippen LogP contribution in [0.25, 0.3) is 0 Å². The number of halogens is 2. The van der Waals surface area contributed by atoms with Crippen molar-refractivity contribution in [2.75, 3.05) is 7.05 Å². The fourth-order valence-corrected chi connectivity index (χ4v) is 2.63. The van der Waals surface area contributed by atoms with Crippen molar-refractivity contribution < 1.29 is 18.3 Å². The van der Waals surface area contributed by atoms with Gasteiger partial charge in [-0.3, -0.25) is 9.79 Å². The maximum Gasteiger partial charge on any atom is 0.387 e. The highest BCUT2D eigenvalue weighted by molar-refractivity contribution is 5.94. The Kier molecular flexibility index (Phi) is 9.05. The second-order valence-corrected chi connectivity index (χ2v) is 6.75. The number of nitrogens with zero attached hydrogens (tertiary/aromatic N) is 1. The standard InChI is InChI=1S/C22H28F2N4O2/c1-4-15(2)28-20(29)17-11-9-16(10-12-17)13-26-22(25-3)27-14-18-7-5-6-8-19(18)30-21(23)24/h5-12,15,21H,4,13-14H2,1-3H3,(H,28,29)(H2,25,26,27). The molecule has 0 radical (unpaired) electrons. The van der Waals surface area contributed by atoms with Crippen LogP contribution in [0.4, 0.5) is 8.78 Å². The second kappa shape index (κ2) is 11.7. The van der Waals surface area contributed by atoms with E-state index < -0.39 is 6.61 Å². The topological polar surface area (TPSA) is 74.8 Å². The van der Waals surface area contributed by atoms with Gasteiger partial charge in [-0.15, -0.1) is 0 Å². The molecule has 1 amide bonds. The fourth-order valence-electron chi connectivity index (χ4n) is 2.63. The monoisotopic (exact) mass is 418 g/mol. The Labute approximate surface area is 175 Å². The first-order valence-corrected chi connectivity index (χ1v) is 9.80. The highest BCUT2D eigenvalue weighted by Gasteiger charge is 2.10. The molecule has 30 heavy (non-hydrogen) atoms. The van der Waals surface area contributed by atoms with Crippen LogP contribution in [0.5, 0.6) is 5.75 Å². The quantitative estimate of drug-likeness (QED) is 0.429. The molecule has 162 valence electrons. The molecule has 2 aromatic rings. The molecule has 0 heterocycles. The Bertz CT molecular complexity index is 841. The number of hydrogen-bond acceptors (Lipinski definition) is 3. The molecule has 0 bridgehead atoms. The van der Waals surface area contributed by atoms with Gasteiger partial charge in [0.15, 0.2) is 5.96 Å². The zero-order chi connectivity index (χ0) is 21.9. The molecule has 0 saturated heterocycles. The summed E-state index contributed by atoms with van der Waals surface area (Å²) in [7, 11) is 1.62. The van der Waals surface area contributed by atoms with Gasteiger partial charge in [-0.1, -0.05) is 37.3 Å². The van der Waals surface area contributed by atoms with Gasteiger partial charge >= 0.3 is 6.61 Å². The van der Waals surface area contributed by atoms with Crippen LogP contribution in [0.15, 0.2) is 53.5 Å². The lowest BCUT2D eigenvalue weighted by Crippen LogP contribution is -2.36. The minimum atomic E-state index is -2.88. The van der Waals surface area contributed by atoms with Gasteiger partial charge in [0.25, 0.3) is 5.91 Å². The van der Waals surface area contributed by atoms with Gasteiger partial charge < -0.3 is 20.7 Å². The third-order valence-corrected chi connectivity index (χ3v) is 4.52. The van der Waals surface area contributed by atoms with E-state index in [-0.39, 0.29) is 24.2 Å². The summed E-state index contributed by atoms with van der Waals surface area (Å²) in [6, 6.07) is 14.0. The molecule has 0 aliphatic heterocycles. The van der Waals surface area contributed by atoms with Gasteiger partial charge in [-0.2, -0.15) is 8.78 Å². The third-order valence-electron chi connectivity index (χ3n) is 4.52. The number of hydrogen-bond donors (Lipinski definition) is 3. The largest absolute Gasteiger partial charge is 0.434 e. The Morgan fingerprint density at radius 2 is 1.73 bits per heavy atom. The van der Waals surface area contributed by atoms with Gasteiger partial charge in [-0.25, -0.2) is 0 Å². The van der Waals surface area contributed by atoms with Crippen LogP contribution in [0.1, 0.15) is 41.8 Å². The van der Waals surface area contributed by atoms with Crippen molar-refractivity contribution in [1.29, 1.82) is 0 Å². The van der Waals surface area contributed by atoms with Gasteiger partial charge in [-0.05, 0) is 37.1 Å². The van der Waals surface area contributed by atoms with Crippen molar-refractivity contribution in [2.24, 2.45) is 4.99 Å². The van der Waals surface area contributed by atoms with Gasteiger partial charge in [0.1, 0.15) is 5.75 Å². The SMILES string of the molecule is CCC(C)NC(=O)c1ccc(CNC(=NC)NCc2ccccc2OC(F)F)cc1. The van der Waals surface area contributed by atoms with E-state index in [1.807, 2.05) is 26.0 Å². The van der Waals surface area contributed by atoms with Gasteiger partial charge in [0.2, 0.25) is 0 Å². The number of carbonyl (C=O) groups is 1. The summed E-state index contributed by atoms with van der Waals surface area (Å²) >= 11 is 0. The van der Waals surface area contributed by atoms with E-state index in [9.17, 15) is 13.6 Å². The number of guanidine groups is 1. The first kappa shape index (κ1) is 23.1. The number of amides is 1. The average Bonchev–Trinajstić information content (AvgIpc) is 2.74. The average molecular weight is 418 g/mol. The van der Waals surface area contributed by atoms with Crippen LogP contribution >= 0.6 is 0 Å². The molecular formula is C22H28F2N4O2. The predicted octanol–water partition coefficient (Wildman–Crippen LogP) is 3.68. The van der Waals surface area contributed by atoms with E-state index in [1.54, 1.807) is 37.4 Å². The van der Waals surface area contributed by atoms with Crippen LogP contribution in [0, 0.1) is 0 Å². The Morgan fingerprint density at radius 3 is 2.37 bits per heavy atom. The van der Waals surface area contributed by atoms with Crippen molar-refractivity contribution in [2.45, 2.75) is 46.0 Å². The fraction of sp³-hybridized carbons (Fsp3) is 0.364. The minimum Gasteiger partial charge on any atom is -0.434 e. The second-order valence-electron chi connectivity index (χ2n) is 6.75. The summed E-state index contributed by atoms with van der Waals surface area (Å²) in [6.07, 6.45) is 0.874. The zero-order valence-corrected chi connectivity index (χ0v) is 17.4. The van der Waals surface area contributed by atoms with Crippen molar-refractivity contribution in [1.82, 2.24) is 16.0 Å². The van der Waals surface area contributed by atoms with E-state index in [0.717, 1.165) is 12.0 Å².